The first-order valence-corrected chi connectivity index (χ1v) is 6.69. The molecule has 0 saturated heterocycles. The van der Waals surface area contributed by atoms with E-state index in [9.17, 15) is 4.79 Å². The number of hydrogen-bond acceptors (Lipinski definition) is 2. The number of pyridine rings is 1. The summed E-state index contributed by atoms with van der Waals surface area (Å²) in [6.45, 7) is 3.90. The first-order valence-electron chi connectivity index (χ1n) is 6.31. The molecule has 20 heavy (non-hydrogen) atoms. The van der Waals surface area contributed by atoms with Crippen molar-refractivity contribution < 1.29 is 0 Å². The zero-order valence-electron chi connectivity index (χ0n) is 11.2. The van der Waals surface area contributed by atoms with E-state index in [4.69, 9.17) is 11.6 Å². The van der Waals surface area contributed by atoms with Crippen LogP contribution >= 0.6 is 11.6 Å². The van der Waals surface area contributed by atoms with Gasteiger partial charge in [0.25, 0.3) is 5.56 Å². The Kier molecular flexibility index (Phi) is 3.07. The van der Waals surface area contributed by atoms with Gasteiger partial charge in [0.15, 0.2) is 0 Å². The Morgan fingerprint density at radius 1 is 1.10 bits per heavy atom. The van der Waals surface area contributed by atoms with Gasteiger partial charge in [-0.05, 0) is 43.7 Å². The Morgan fingerprint density at radius 2 is 1.90 bits per heavy atom. The molecule has 0 amide bonds. The number of aromatic nitrogens is 2. The molecule has 0 bridgehead atoms. The average Bonchev–Trinajstić information content (AvgIpc) is 2.37. The predicted octanol–water partition coefficient (Wildman–Crippen LogP) is 3.63. The SMILES string of the molecule is Cc1cc(C)n2c(=O)cc(-c3cccc(Cl)c3)nc2c1. The van der Waals surface area contributed by atoms with E-state index in [-0.39, 0.29) is 5.56 Å². The molecule has 0 saturated carbocycles. The van der Waals surface area contributed by atoms with E-state index in [1.54, 1.807) is 16.5 Å². The van der Waals surface area contributed by atoms with Crippen LogP contribution in [0.4, 0.5) is 0 Å². The zero-order valence-corrected chi connectivity index (χ0v) is 12.0. The van der Waals surface area contributed by atoms with E-state index in [0.29, 0.717) is 16.4 Å². The summed E-state index contributed by atoms with van der Waals surface area (Å²) >= 11 is 5.99. The number of fused-ring (bicyclic) bond motifs is 1. The van der Waals surface area contributed by atoms with Crippen molar-refractivity contribution >= 4 is 17.2 Å². The molecule has 0 fully saturated rings. The third-order valence-corrected chi connectivity index (χ3v) is 3.45. The van der Waals surface area contributed by atoms with Crippen molar-refractivity contribution in [2.24, 2.45) is 0 Å². The lowest BCUT2D eigenvalue weighted by atomic mass is 10.1. The highest BCUT2D eigenvalue weighted by Crippen LogP contribution is 2.20. The van der Waals surface area contributed by atoms with Crippen molar-refractivity contribution in [1.82, 2.24) is 9.38 Å². The van der Waals surface area contributed by atoms with Crippen LogP contribution in [0.25, 0.3) is 16.9 Å². The van der Waals surface area contributed by atoms with Crippen LogP contribution in [0.2, 0.25) is 5.02 Å². The molecule has 2 aromatic heterocycles. The normalized spacial score (nSPS) is 10.9. The molecular weight excluding hydrogens is 272 g/mol. The second-order valence-corrected chi connectivity index (χ2v) is 5.29. The van der Waals surface area contributed by atoms with Gasteiger partial charge in [-0.3, -0.25) is 9.20 Å². The Hall–Kier alpha value is -2.13. The number of rotatable bonds is 1. The number of halogens is 1. The summed E-state index contributed by atoms with van der Waals surface area (Å²) in [7, 11) is 0. The fourth-order valence-electron chi connectivity index (χ4n) is 2.39. The van der Waals surface area contributed by atoms with Crippen LogP contribution in [0.5, 0.6) is 0 Å². The van der Waals surface area contributed by atoms with Crippen LogP contribution in [-0.2, 0) is 0 Å². The van der Waals surface area contributed by atoms with Gasteiger partial charge in [0, 0.05) is 22.3 Å². The molecule has 2 heterocycles. The summed E-state index contributed by atoms with van der Waals surface area (Å²) in [5.41, 5.74) is 4.03. The highest BCUT2D eigenvalue weighted by molar-refractivity contribution is 6.30. The fourth-order valence-corrected chi connectivity index (χ4v) is 2.58. The molecule has 0 N–H and O–H groups in total. The van der Waals surface area contributed by atoms with E-state index >= 15 is 0 Å². The largest absolute Gasteiger partial charge is 0.269 e. The monoisotopic (exact) mass is 284 g/mol. The Morgan fingerprint density at radius 3 is 2.65 bits per heavy atom. The van der Waals surface area contributed by atoms with Gasteiger partial charge in [-0.15, -0.1) is 0 Å². The molecule has 3 nitrogen and oxygen atoms in total. The number of hydrogen-bond donors (Lipinski definition) is 0. The average molecular weight is 285 g/mol. The summed E-state index contributed by atoms with van der Waals surface area (Å²) in [6, 6.07) is 12.8. The highest BCUT2D eigenvalue weighted by Gasteiger charge is 2.07. The van der Waals surface area contributed by atoms with Crippen molar-refractivity contribution in [1.29, 1.82) is 0 Å². The molecule has 0 spiro atoms. The van der Waals surface area contributed by atoms with Crippen LogP contribution in [-0.4, -0.2) is 9.38 Å². The Bertz CT molecular complexity index is 868. The predicted molar refractivity (Wildman–Crippen MR) is 81.4 cm³/mol. The van der Waals surface area contributed by atoms with Gasteiger partial charge in [-0.1, -0.05) is 23.7 Å². The maximum atomic E-state index is 12.3. The lowest BCUT2D eigenvalue weighted by Gasteiger charge is -2.08. The molecule has 100 valence electrons. The van der Waals surface area contributed by atoms with Gasteiger partial charge >= 0.3 is 0 Å². The molecule has 0 aliphatic heterocycles. The van der Waals surface area contributed by atoms with Crippen LogP contribution in [0.1, 0.15) is 11.3 Å². The lowest BCUT2D eigenvalue weighted by molar-refractivity contribution is 0.986. The molecule has 3 aromatic rings. The van der Waals surface area contributed by atoms with Gasteiger partial charge in [0.05, 0.1) is 5.69 Å². The first-order chi connectivity index (χ1) is 9.54. The van der Waals surface area contributed by atoms with Gasteiger partial charge in [-0.25, -0.2) is 4.98 Å². The molecule has 1 aromatic carbocycles. The van der Waals surface area contributed by atoms with Crippen LogP contribution in [0.3, 0.4) is 0 Å². The summed E-state index contributed by atoms with van der Waals surface area (Å²) in [5.74, 6) is 0. The molecule has 0 radical (unpaired) electrons. The summed E-state index contributed by atoms with van der Waals surface area (Å²) in [6.07, 6.45) is 0. The standard InChI is InChI=1S/C16H13ClN2O/c1-10-6-11(2)19-15(7-10)18-14(9-16(19)20)12-4-3-5-13(17)8-12/h3-9H,1-2H3. The van der Waals surface area contributed by atoms with E-state index < -0.39 is 0 Å². The van der Waals surface area contributed by atoms with Crippen molar-refractivity contribution in [3.05, 3.63) is 69.1 Å². The number of aryl methyl sites for hydroxylation is 2. The summed E-state index contributed by atoms with van der Waals surface area (Å²) in [5, 5.41) is 0.630. The molecule has 0 aliphatic carbocycles. The highest BCUT2D eigenvalue weighted by atomic mass is 35.5. The minimum absolute atomic E-state index is 0.0810. The first kappa shape index (κ1) is 12.9. The maximum absolute atomic E-state index is 12.3. The Balaban J connectivity index is 2.32. The second kappa shape index (κ2) is 4.76. The van der Waals surface area contributed by atoms with Crippen molar-refractivity contribution in [3.63, 3.8) is 0 Å². The van der Waals surface area contributed by atoms with Crippen LogP contribution < -0.4 is 5.56 Å². The van der Waals surface area contributed by atoms with Crippen LogP contribution in [0.15, 0.2) is 47.3 Å². The number of nitrogens with zero attached hydrogens (tertiary/aromatic N) is 2. The third-order valence-electron chi connectivity index (χ3n) is 3.21. The maximum Gasteiger partial charge on any atom is 0.258 e. The third kappa shape index (κ3) is 2.21. The van der Waals surface area contributed by atoms with Gasteiger partial charge in [-0.2, -0.15) is 0 Å². The van der Waals surface area contributed by atoms with E-state index in [1.807, 2.05) is 44.2 Å². The van der Waals surface area contributed by atoms with Crippen LogP contribution in [0, 0.1) is 13.8 Å². The second-order valence-electron chi connectivity index (χ2n) is 4.86. The van der Waals surface area contributed by atoms with Gasteiger partial charge in [0.2, 0.25) is 0 Å². The molecule has 0 atom stereocenters. The smallest absolute Gasteiger partial charge is 0.258 e. The quantitative estimate of drug-likeness (QED) is 0.684. The number of benzene rings is 1. The van der Waals surface area contributed by atoms with E-state index in [2.05, 4.69) is 4.98 Å². The van der Waals surface area contributed by atoms with Gasteiger partial charge < -0.3 is 0 Å². The van der Waals surface area contributed by atoms with Crippen molar-refractivity contribution in [2.75, 3.05) is 0 Å². The zero-order chi connectivity index (χ0) is 14.3. The topological polar surface area (TPSA) is 34.4 Å². The molecule has 0 aliphatic rings. The summed E-state index contributed by atoms with van der Waals surface area (Å²) < 4.78 is 1.61. The fraction of sp³-hybridized carbons (Fsp3) is 0.125. The molecule has 3 rings (SSSR count). The van der Waals surface area contributed by atoms with E-state index in [1.165, 1.54) is 0 Å². The minimum atomic E-state index is -0.0810. The lowest BCUT2D eigenvalue weighted by Crippen LogP contribution is -2.16. The molecule has 4 heteroatoms. The molecule has 0 unspecified atom stereocenters. The Labute approximate surface area is 121 Å². The van der Waals surface area contributed by atoms with Gasteiger partial charge in [0.1, 0.15) is 5.65 Å². The van der Waals surface area contributed by atoms with Crippen molar-refractivity contribution in [2.45, 2.75) is 13.8 Å². The molecular formula is C16H13ClN2O. The minimum Gasteiger partial charge on any atom is -0.269 e. The van der Waals surface area contributed by atoms with E-state index in [0.717, 1.165) is 16.8 Å². The summed E-state index contributed by atoms with van der Waals surface area (Å²) in [4.78, 5) is 16.9. The van der Waals surface area contributed by atoms with Crippen molar-refractivity contribution in [3.8, 4) is 11.3 Å².